The molecule has 2 N–H and O–H groups in total. The van der Waals surface area contributed by atoms with E-state index in [0.29, 0.717) is 30.8 Å². The molecule has 0 spiro atoms. The Balaban J connectivity index is 2.10. The van der Waals surface area contributed by atoms with Crippen LogP contribution in [0.15, 0.2) is 4.52 Å². The summed E-state index contributed by atoms with van der Waals surface area (Å²) in [6, 6.07) is 0. The topological polar surface area (TPSA) is 74.2 Å². The summed E-state index contributed by atoms with van der Waals surface area (Å²) < 4.78 is 11.0. The second-order valence-corrected chi connectivity index (χ2v) is 7.30. The highest BCUT2D eigenvalue weighted by Crippen LogP contribution is 2.73. The van der Waals surface area contributed by atoms with Crippen molar-refractivity contribution in [3.05, 3.63) is 11.7 Å². The number of rotatable bonds is 6. The van der Waals surface area contributed by atoms with Crippen LogP contribution >= 0.6 is 0 Å². The fraction of sp³-hybridized carbons (Fsp3) is 0.867. The molecule has 0 amide bonds. The number of hydrogen-bond acceptors (Lipinski definition) is 5. The predicted octanol–water partition coefficient (Wildman–Crippen LogP) is 2.82. The molecule has 2 rings (SSSR count). The smallest absolute Gasteiger partial charge is 0.230 e. The summed E-state index contributed by atoms with van der Waals surface area (Å²) >= 11 is 0. The average molecular weight is 281 g/mol. The van der Waals surface area contributed by atoms with Gasteiger partial charge in [0.15, 0.2) is 5.82 Å². The largest absolute Gasteiger partial charge is 0.379 e. The Morgan fingerprint density at radius 2 is 1.90 bits per heavy atom. The lowest BCUT2D eigenvalue weighted by Gasteiger charge is -2.19. The first kappa shape index (κ1) is 15.4. The number of nitrogens with two attached hydrogens (primary N) is 1. The summed E-state index contributed by atoms with van der Waals surface area (Å²) in [7, 11) is 0. The van der Waals surface area contributed by atoms with E-state index in [0.717, 1.165) is 6.42 Å². The Labute approximate surface area is 121 Å². The Kier molecular flexibility index (Phi) is 3.71. The van der Waals surface area contributed by atoms with Crippen molar-refractivity contribution in [1.82, 2.24) is 10.1 Å². The quantitative estimate of drug-likeness (QED) is 0.812. The molecule has 1 aromatic rings. The van der Waals surface area contributed by atoms with Crippen molar-refractivity contribution >= 4 is 0 Å². The van der Waals surface area contributed by atoms with Gasteiger partial charge in [-0.3, -0.25) is 0 Å². The molecule has 0 radical (unpaired) electrons. The predicted molar refractivity (Wildman–Crippen MR) is 77.3 cm³/mol. The highest BCUT2D eigenvalue weighted by atomic mass is 16.5. The van der Waals surface area contributed by atoms with Crippen LogP contribution in [-0.4, -0.2) is 23.4 Å². The van der Waals surface area contributed by atoms with Gasteiger partial charge >= 0.3 is 0 Å². The molecule has 1 atom stereocenters. The van der Waals surface area contributed by atoms with Crippen molar-refractivity contribution < 1.29 is 9.26 Å². The van der Waals surface area contributed by atoms with Crippen LogP contribution in [0.25, 0.3) is 0 Å². The van der Waals surface area contributed by atoms with Crippen LogP contribution in [-0.2, 0) is 10.3 Å². The molecule has 0 saturated heterocycles. The van der Waals surface area contributed by atoms with Crippen molar-refractivity contribution in [2.45, 2.75) is 59.4 Å². The molecular formula is C15H27N3O2. The first-order valence-corrected chi connectivity index (χ1v) is 7.35. The van der Waals surface area contributed by atoms with Gasteiger partial charge in [0.05, 0.1) is 6.61 Å². The van der Waals surface area contributed by atoms with E-state index >= 15 is 0 Å². The highest BCUT2D eigenvalue weighted by Gasteiger charge is 2.68. The van der Waals surface area contributed by atoms with Crippen molar-refractivity contribution in [1.29, 1.82) is 0 Å². The fourth-order valence-electron chi connectivity index (χ4n) is 2.89. The van der Waals surface area contributed by atoms with E-state index in [1.54, 1.807) is 0 Å². The first-order chi connectivity index (χ1) is 9.14. The van der Waals surface area contributed by atoms with Crippen LogP contribution in [0.3, 0.4) is 0 Å². The Bertz CT molecular complexity index is 463. The molecule has 1 aliphatic rings. The van der Waals surface area contributed by atoms with Gasteiger partial charge in [-0.1, -0.05) is 39.8 Å². The van der Waals surface area contributed by atoms with Gasteiger partial charge in [-0.2, -0.15) is 4.98 Å². The Hall–Kier alpha value is -0.940. The van der Waals surface area contributed by atoms with Crippen molar-refractivity contribution in [3.8, 4) is 0 Å². The molecule has 1 fully saturated rings. The van der Waals surface area contributed by atoms with E-state index in [-0.39, 0.29) is 10.8 Å². The summed E-state index contributed by atoms with van der Waals surface area (Å²) in [6.07, 6.45) is 0.970. The average Bonchev–Trinajstić information content (AvgIpc) is 2.72. The Morgan fingerprint density at radius 1 is 1.30 bits per heavy atom. The molecule has 1 unspecified atom stereocenters. The van der Waals surface area contributed by atoms with E-state index in [4.69, 9.17) is 15.0 Å². The van der Waals surface area contributed by atoms with Crippen molar-refractivity contribution in [2.24, 2.45) is 16.6 Å². The number of nitrogens with zero attached hydrogens (tertiary/aromatic N) is 2. The van der Waals surface area contributed by atoms with Crippen LogP contribution < -0.4 is 5.73 Å². The van der Waals surface area contributed by atoms with Crippen LogP contribution in [0.5, 0.6) is 0 Å². The van der Waals surface area contributed by atoms with Gasteiger partial charge in [-0.25, -0.2) is 0 Å². The molecule has 5 nitrogen and oxygen atoms in total. The van der Waals surface area contributed by atoms with Crippen LogP contribution in [0.2, 0.25) is 0 Å². The SMILES string of the molecule is CCCOCC(C)(N)c1noc(C2C(C)(C)C2(C)C)n1. The standard InChI is InChI=1S/C15H27N3O2/c1-7-8-19-9-15(6,16)12-17-11(20-18-12)10-13(2,3)14(10,4)5/h10H,7-9,16H2,1-6H3. The lowest BCUT2D eigenvalue weighted by molar-refractivity contribution is 0.0867. The van der Waals surface area contributed by atoms with E-state index in [9.17, 15) is 0 Å². The number of ether oxygens (including phenoxy) is 1. The number of hydrogen-bond donors (Lipinski definition) is 1. The first-order valence-electron chi connectivity index (χ1n) is 7.35. The third-order valence-corrected chi connectivity index (χ3v) is 4.97. The van der Waals surface area contributed by atoms with Gasteiger partial charge in [-0.05, 0) is 24.2 Å². The fourth-order valence-corrected chi connectivity index (χ4v) is 2.89. The molecule has 1 aromatic heterocycles. The van der Waals surface area contributed by atoms with Gasteiger partial charge in [0, 0.05) is 12.5 Å². The maximum Gasteiger partial charge on any atom is 0.230 e. The zero-order valence-corrected chi connectivity index (χ0v) is 13.5. The molecule has 20 heavy (non-hydrogen) atoms. The summed E-state index contributed by atoms with van der Waals surface area (Å²) in [5.74, 6) is 1.52. The second-order valence-electron chi connectivity index (χ2n) is 7.30. The summed E-state index contributed by atoms with van der Waals surface area (Å²) in [4.78, 5) is 4.53. The minimum Gasteiger partial charge on any atom is -0.379 e. The molecule has 5 heteroatoms. The molecule has 1 saturated carbocycles. The van der Waals surface area contributed by atoms with Crippen LogP contribution in [0, 0.1) is 10.8 Å². The van der Waals surface area contributed by atoms with E-state index in [1.165, 1.54) is 0 Å². The highest BCUT2D eigenvalue weighted by molar-refractivity contribution is 5.25. The van der Waals surface area contributed by atoms with Crippen LogP contribution in [0.1, 0.15) is 65.6 Å². The maximum absolute atomic E-state index is 6.24. The van der Waals surface area contributed by atoms with E-state index in [2.05, 4.69) is 44.8 Å². The molecule has 0 aromatic carbocycles. The zero-order chi connectivity index (χ0) is 15.2. The molecule has 1 heterocycles. The minimum atomic E-state index is -0.708. The summed E-state index contributed by atoms with van der Waals surface area (Å²) in [6.45, 7) is 14.0. The minimum absolute atomic E-state index is 0.181. The molecule has 0 aliphatic heterocycles. The number of aromatic nitrogens is 2. The van der Waals surface area contributed by atoms with Crippen LogP contribution in [0.4, 0.5) is 0 Å². The summed E-state index contributed by atoms with van der Waals surface area (Å²) in [5, 5.41) is 4.07. The molecule has 0 bridgehead atoms. The monoisotopic (exact) mass is 281 g/mol. The van der Waals surface area contributed by atoms with Crippen molar-refractivity contribution in [3.63, 3.8) is 0 Å². The van der Waals surface area contributed by atoms with Gasteiger partial charge in [0.25, 0.3) is 0 Å². The normalized spacial score (nSPS) is 23.6. The van der Waals surface area contributed by atoms with Gasteiger partial charge in [-0.15, -0.1) is 0 Å². The second kappa shape index (κ2) is 4.81. The molecular weight excluding hydrogens is 254 g/mol. The van der Waals surface area contributed by atoms with E-state index in [1.807, 2.05) is 6.92 Å². The van der Waals surface area contributed by atoms with Gasteiger partial charge in [0.2, 0.25) is 5.89 Å². The van der Waals surface area contributed by atoms with Gasteiger partial charge < -0.3 is 15.0 Å². The Morgan fingerprint density at radius 3 is 2.40 bits per heavy atom. The molecule has 114 valence electrons. The third-order valence-electron chi connectivity index (χ3n) is 4.97. The maximum atomic E-state index is 6.24. The third kappa shape index (κ3) is 2.37. The molecule has 1 aliphatic carbocycles. The lowest BCUT2D eigenvalue weighted by Crippen LogP contribution is -2.39. The zero-order valence-electron chi connectivity index (χ0n) is 13.5. The van der Waals surface area contributed by atoms with Crippen molar-refractivity contribution in [2.75, 3.05) is 13.2 Å². The van der Waals surface area contributed by atoms with Gasteiger partial charge in [0.1, 0.15) is 5.54 Å². The van der Waals surface area contributed by atoms with E-state index < -0.39 is 5.54 Å². The summed E-state index contributed by atoms with van der Waals surface area (Å²) in [5.41, 5.74) is 5.89. The lowest BCUT2D eigenvalue weighted by atomic mass is 10.0.